The minimum Gasteiger partial charge on any atom is -0.290 e. The van der Waals surface area contributed by atoms with Crippen molar-refractivity contribution >= 4 is 33.3 Å². The Kier molecular flexibility index (Phi) is 3.87. The van der Waals surface area contributed by atoms with E-state index in [1.165, 1.54) is 28.0 Å². The van der Waals surface area contributed by atoms with Gasteiger partial charge in [0.2, 0.25) is 0 Å². The molecule has 0 atom stereocenters. The van der Waals surface area contributed by atoms with Crippen LogP contribution in [-0.2, 0) is 12.8 Å². The lowest BCUT2D eigenvalue weighted by atomic mass is 10.1. The Morgan fingerprint density at radius 2 is 2.10 bits per heavy atom. The average molecular weight is 316 g/mol. The molecule has 3 rings (SSSR count). The second-order valence-corrected chi connectivity index (χ2v) is 6.95. The first-order valence-corrected chi connectivity index (χ1v) is 8.56. The number of hydrogen-bond donors (Lipinski definition) is 0. The van der Waals surface area contributed by atoms with Crippen molar-refractivity contribution in [2.75, 3.05) is 0 Å². The fraction of sp³-hybridized carbons (Fsp3) is 0.250. The molecule has 0 saturated heterocycles. The van der Waals surface area contributed by atoms with Crippen molar-refractivity contribution in [1.29, 1.82) is 0 Å². The molecule has 0 amide bonds. The molecule has 5 heteroatoms. The van der Waals surface area contributed by atoms with Crippen molar-refractivity contribution in [1.82, 2.24) is 9.55 Å². The summed E-state index contributed by atoms with van der Waals surface area (Å²) in [5.74, 6) is 0.824. The molecule has 21 heavy (non-hydrogen) atoms. The van der Waals surface area contributed by atoms with Crippen LogP contribution in [0.15, 0.2) is 39.6 Å². The van der Waals surface area contributed by atoms with Gasteiger partial charge in [-0.25, -0.2) is 4.98 Å². The van der Waals surface area contributed by atoms with E-state index in [9.17, 15) is 4.79 Å². The number of aryl methyl sites for hydroxylation is 2. The molecular formula is C16H16N2OS2. The van der Waals surface area contributed by atoms with Crippen molar-refractivity contribution in [3.63, 3.8) is 0 Å². The topological polar surface area (TPSA) is 34.9 Å². The predicted octanol–water partition coefficient (Wildman–Crippen LogP) is 3.90. The van der Waals surface area contributed by atoms with Crippen molar-refractivity contribution in [3.8, 4) is 0 Å². The summed E-state index contributed by atoms with van der Waals surface area (Å²) in [7, 11) is 1.79. The molecule has 2 heterocycles. The molecule has 0 spiro atoms. The Morgan fingerprint density at radius 3 is 2.90 bits per heavy atom. The predicted molar refractivity (Wildman–Crippen MR) is 90.3 cm³/mol. The van der Waals surface area contributed by atoms with Gasteiger partial charge in [0, 0.05) is 12.8 Å². The molecule has 108 valence electrons. The van der Waals surface area contributed by atoms with Crippen LogP contribution in [0.5, 0.6) is 0 Å². The lowest BCUT2D eigenvalue weighted by molar-refractivity contribution is 0.728. The summed E-state index contributed by atoms with van der Waals surface area (Å²) in [6.45, 7) is 4.21. The molecule has 0 radical (unpaired) electrons. The number of rotatable bonds is 3. The quantitative estimate of drug-likeness (QED) is 0.543. The maximum Gasteiger partial charge on any atom is 0.262 e. The molecule has 0 N–H and O–H groups in total. The van der Waals surface area contributed by atoms with E-state index in [4.69, 9.17) is 0 Å². The third-order valence-electron chi connectivity index (χ3n) is 3.53. The number of aromatic nitrogens is 2. The fourth-order valence-corrected chi connectivity index (χ4v) is 4.05. The molecular weight excluding hydrogens is 300 g/mol. The zero-order valence-electron chi connectivity index (χ0n) is 12.2. The summed E-state index contributed by atoms with van der Waals surface area (Å²) in [4.78, 5) is 17.7. The van der Waals surface area contributed by atoms with Gasteiger partial charge >= 0.3 is 0 Å². The van der Waals surface area contributed by atoms with E-state index in [0.29, 0.717) is 5.39 Å². The molecule has 0 fully saturated rings. The Balaban J connectivity index is 1.93. The molecule has 0 aliphatic carbocycles. The van der Waals surface area contributed by atoms with Crippen LogP contribution in [-0.4, -0.2) is 9.55 Å². The van der Waals surface area contributed by atoms with Crippen LogP contribution in [0, 0.1) is 13.8 Å². The van der Waals surface area contributed by atoms with Crippen molar-refractivity contribution < 1.29 is 0 Å². The van der Waals surface area contributed by atoms with Gasteiger partial charge in [-0.2, -0.15) is 0 Å². The van der Waals surface area contributed by atoms with Gasteiger partial charge < -0.3 is 0 Å². The lowest BCUT2D eigenvalue weighted by Gasteiger charge is -2.09. The van der Waals surface area contributed by atoms with E-state index >= 15 is 0 Å². The maximum atomic E-state index is 12.3. The minimum atomic E-state index is 0.0321. The highest BCUT2D eigenvalue weighted by atomic mass is 32.2. The highest BCUT2D eigenvalue weighted by molar-refractivity contribution is 7.98. The Morgan fingerprint density at radius 1 is 1.29 bits per heavy atom. The number of hydrogen-bond acceptors (Lipinski definition) is 4. The first-order chi connectivity index (χ1) is 10.1. The second kappa shape index (κ2) is 5.66. The van der Waals surface area contributed by atoms with E-state index in [0.717, 1.165) is 15.7 Å². The summed E-state index contributed by atoms with van der Waals surface area (Å²) in [5.41, 5.74) is 3.85. The number of fused-ring (bicyclic) bond motifs is 1. The highest BCUT2D eigenvalue weighted by Crippen LogP contribution is 2.25. The van der Waals surface area contributed by atoms with E-state index in [1.54, 1.807) is 23.4 Å². The van der Waals surface area contributed by atoms with Gasteiger partial charge in [-0.15, -0.1) is 11.3 Å². The van der Waals surface area contributed by atoms with Gasteiger partial charge in [0.1, 0.15) is 4.83 Å². The van der Waals surface area contributed by atoms with Crippen molar-refractivity contribution in [2.45, 2.75) is 24.8 Å². The van der Waals surface area contributed by atoms with Gasteiger partial charge in [-0.3, -0.25) is 9.36 Å². The SMILES string of the molecule is Cc1ccc(C)c(CSc2nc3sccc3c(=O)n2C)c1. The standard InChI is InChI=1S/C16H16N2OS2/c1-10-4-5-11(2)12(8-10)9-21-16-17-14-13(6-7-20-14)15(19)18(16)3/h4-8H,9H2,1-3H3. The molecule has 3 aromatic rings. The molecule has 0 aliphatic rings. The Labute approximate surface area is 131 Å². The smallest absolute Gasteiger partial charge is 0.262 e. The highest BCUT2D eigenvalue weighted by Gasteiger charge is 2.10. The summed E-state index contributed by atoms with van der Waals surface area (Å²) in [6.07, 6.45) is 0. The number of thiophene rings is 1. The minimum absolute atomic E-state index is 0.0321. The van der Waals surface area contributed by atoms with Crippen LogP contribution in [0.4, 0.5) is 0 Å². The van der Waals surface area contributed by atoms with Gasteiger partial charge in [-0.1, -0.05) is 35.5 Å². The molecule has 0 aliphatic heterocycles. The molecule has 0 saturated carbocycles. The van der Waals surface area contributed by atoms with Crippen LogP contribution in [0.3, 0.4) is 0 Å². The van der Waals surface area contributed by atoms with Crippen LogP contribution in [0.25, 0.3) is 10.2 Å². The second-order valence-electron chi connectivity index (χ2n) is 5.12. The first kappa shape index (κ1) is 14.4. The van der Waals surface area contributed by atoms with Gasteiger partial charge in [0.05, 0.1) is 5.39 Å². The van der Waals surface area contributed by atoms with E-state index in [2.05, 4.69) is 37.0 Å². The zero-order chi connectivity index (χ0) is 15.0. The normalized spacial score (nSPS) is 11.2. The summed E-state index contributed by atoms with van der Waals surface area (Å²) in [6, 6.07) is 8.30. The van der Waals surface area contributed by atoms with Crippen LogP contribution < -0.4 is 5.56 Å². The third-order valence-corrected chi connectivity index (χ3v) is 5.41. The monoisotopic (exact) mass is 316 g/mol. The summed E-state index contributed by atoms with van der Waals surface area (Å²) < 4.78 is 1.64. The van der Waals surface area contributed by atoms with Crippen molar-refractivity contribution in [2.24, 2.45) is 7.05 Å². The molecule has 0 unspecified atom stereocenters. The van der Waals surface area contributed by atoms with E-state index < -0.39 is 0 Å². The molecule has 1 aromatic carbocycles. The summed E-state index contributed by atoms with van der Waals surface area (Å²) in [5, 5.41) is 3.40. The Bertz CT molecular complexity index is 864. The maximum absolute atomic E-state index is 12.3. The van der Waals surface area contributed by atoms with Gasteiger partial charge in [-0.05, 0) is 36.4 Å². The van der Waals surface area contributed by atoms with Crippen LogP contribution in [0.1, 0.15) is 16.7 Å². The average Bonchev–Trinajstić information content (AvgIpc) is 2.93. The number of thioether (sulfide) groups is 1. The molecule has 3 nitrogen and oxygen atoms in total. The van der Waals surface area contributed by atoms with Gasteiger partial charge in [0.15, 0.2) is 5.16 Å². The van der Waals surface area contributed by atoms with Crippen LogP contribution >= 0.6 is 23.1 Å². The molecule has 0 bridgehead atoms. The lowest BCUT2D eigenvalue weighted by Crippen LogP contribution is -2.19. The van der Waals surface area contributed by atoms with E-state index in [-0.39, 0.29) is 5.56 Å². The number of benzene rings is 1. The molecule has 2 aromatic heterocycles. The van der Waals surface area contributed by atoms with Crippen molar-refractivity contribution in [3.05, 3.63) is 56.7 Å². The fourth-order valence-electron chi connectivity index (χ4n) is 2.21. The Hall–Kier alpha value is -1.59. The van der Waals surface area contributed by atoms with Crippen LogP contribution in [0.2, 0.25) is 0 Å². The number of nitrogens with zero attached hydrogens (tertiary/aromatic N) is 2. The first-order valence-electron chi connectivity index (χ1n) is 6.69. The zero-order valence-corrected chi connectivity index (χ0v) is 13.8. The third kappa shape index (κ3) is 2.76. The van der Waals surface area contributed by atoms with E-state index in [1.807, 2.05) is 11.4 Å². The van der Waals surface area contributed by atoms with Gasteiger partial charge in [0.25, 0.3) is 5.56 Å². The largest absolute Gasteiger partial charge is 0.290 e. The summed E-state index contributed by atoms with van der Waals surface area (Å²) >= 11 is 3.13.